The molecule has 2 saturated carbocycles. The lowest BCUT2D eigenvalue weighted by molar-refractivity contribution is -0.320. The molecule has 0 unspecified atom stereocenters. The molecule has 0 amide bonds. The first-order chi connectivity index (χ1) is 20.8. The van der Waals surface area contributed by atoms with E-state index >= 15 is 0 Å². The van der Waals surface area contributed by atoms with Gasteiger partial charge in [-0.05, 0) is 31.6 Å². The Kier molecular flexibility index (Phi) is 11.0. The molecule has 0 aromatic carbocycles. The summed E-state index contributed by atoms with van der Waals surface area (Å²) in [4.78, 5) is 13.2. The molecule has 14 atom stereocenters. The third-order valence-electron chi connectivity index (χ3n) is 9.85. The van der Waals surface area contributed by atoms with Crippen LogP contribution in [0.4, 0.5) is 0 Å². The van der Waals surface area contributed by atoms with Crippen molar-refractivity contribution in [2.45, 2.75) is 129 Å². The van der Waals surface area contributed by atoms with E-state index in [2.05, 4.69) is 10.6 Å². The minimum atomic E-state index is -1.59. The van der Waals surface area contributed by atoms with Gasteiger partial charge in [0.1, 0.15) is 36.1 Å². The number of ketones is 1. The predicted molar refractivity (Wildman–Crippen MR) is 151 cm³/mol. The Morgan fingerprint density at radius 1 is 0.932 bits per heavy atom. The summed E-state index contributed by atoms with van der Waals surface area (Å²) in [5, 5.41) is 70.4. The quantitative estimate of drug-likeness (QED) is 0.100. The van der Waals surface area contributed by atoms with Crippen LogP contribution < -0.4 is 33.6 Å². The fourth-order valence-electron chi connectivity index (χ4n) is 6.99. The summed E-state index contributed by atoms with van der Waals surface area (Å²) in [6.45, 7) is 0.876. The number of carbonyl (C=O) groups is 1. The first-order valence-corrected chi connectivity index (χ1v) is 15.5. The van der Waals surface area contributed by atoms with Gasteiger partial charge in [0.05, 0.1) is 37.0 Å². The molecule has 0 bridgehead atoms. The van der Waals surface area contributed by atoms with Gasteiger partial charge in [-0.3, -0.25) is 4.79 Å². The van der Waals surface area contributed by atoms with Gasteiger partial charge in [0.2, 0.25) is 0 Å². The maximum absolute atomic E-state index is 13.2. The highest BCUT2D eigenvalue weighted by molar-refractivity contribution is 5.88. The molecule has 17 heteroatoms. The largest absolute Gasteiger partial charge is 0.394 e. The van der Waals surface area contributed by atoms with Crippen molar-refractivity contribution in [3.63, 3.8) is 0 Å². The van der Waals surface area contributed by atoms with Crippen LogP contribution in [0.2, 0.25) is 0 Å². The number of hydrogen-bond donors (Lipinski definition) is 12. The van der Waals surface area contributed by atoms with Crippen LogP contribution in [-0.2, 0) is 23.7 Å². The molecule has 0 radical (unpaired) electrons. The molecule has 5 aliphatic rings. The second-order valence-corrected chi connectivity index (χ2v) is 13.2. The lowest BCUT2D eigenvalue weighted by Gasteiger charge is -2.50. The van der Waals surface area contributed by atoms with Crippen molar-refractivity contribution in [3.05, 3.63) is 0 Å². The van der Waals surface area contributed by atoms with Crippen molar-refractivity contribution in [2.75, 3.05) is 26.2 Å². The van der Waals surface area contributed by atoms with E-state index in [0.29, 0.717) is 0 Å². The van der Waals surface area contributed by atoms with Crippen molar-refractivity contribution in [1.82, 2.24) is 10.6 Å². The number of nitrogens with two attached hydrogens (primary N) is 4. The van der Waals surface area contributed by atoms with Crippen molar-refractivity contribution in [2.24, 2.45) is 28.9 Å². The highest BCUT2D eigenvalue weighted by Crippen LogP contribution is 2.39. The zero-order valence-electron chi connectivity index (χ0n) is 24.6. The Morgan fingerprint density at radius 2 is 1.59 bits per heavy atom. The Labute approximate surface area is 255 Å². The summed E-state index contributed by atoms with van der Waals surface area (Å²) >= 11 is 0. The minimum Gasteiger partial charge on any atom is -0.394 e. The normalized spacial score (nSPS) is 50.1. The third kappa shape index (κ3) is 6.98. The first kappa shape index (κ1) is 34.4. The molecule has 2 aliphatic carbocycles. The number of hydrogen-bond acceptors (Lipinski definition) is 17. The summed E-state index contributed by atoms with van der Waals surface area (Å²) in [5.41, 5.74) is 22.6. The van der Waals surface area contributed by atoms with Crippen molar-refractivity contribution < 1.29 is 54.4 Å². The Bertz CT molecular complexity index is 975. The second kappa shape index (κ2) is 14.0. The summed E-state index contributed by atoms with van der Waals surface area (Å²) in [5.74, 6) is -1.23. The zero-order valence-corrected chi connectivity index (χ0v) is 24.6. The molecule has 254 valence electrons. The number of Topliss-reactive ketones (excluding diaryl/α,β-unsaturated/α-hetero) is 1. The van der Waals surface area contributed by atoms with Crippen molar-refractivity contribution in [1.29, 1.82) is 0 Å². The Balaban J connectivity index is 1.36. The van der Waals surface area contributed by atoms with Gasteiger partial charge in [0, 0.05) is 44.2 Å². The van der Waals surface area contributed by atoms with Gasteiger partial charge in [-0.15, -0.1) is 0 Å². The van der Waals surface area contributed by atoms with Crippen LogP contribution in [0.3, 0.4) is 0 Å². The second-order valence-electron chi connectivity index (χ2n) is 13.2. The lowest BCUT2D eigenvalue weighted by Crippen LogP contribution is -2.67. The maximum atomic E-state index is 13.2. The minimum absolute atomic E-state index is 0.0372. The number of ether oxygens (including phenoxy) is 4. The highest BCUT2D eigenvalue weighted by Gasteiger charge is 2.54. The molecule has 5 fully saturated rings. The van der Waals surface area contributed by atoms with Crippen molar-refractivity contribution in [3.8, 4) is 0 Å². The van der Waals surface area contributed by atoms with E-state index in [0.717, 1.165) is 13.1 Å². The Morgan fingerprint density at radius 3 is 2.18 bits per heavy atom. The van der Waals surface area contributed by atoms with E-state index in [1.54, 1.807) is 0 Å². The smallest absolute Gasteiger partial charge is 0.186 e. The fourth-order valence-corrected chi connectivity index (χ4v) is 6.99. The van der Waals surface area contributed by atoms with Gasteiger partial charge in [-0.1, -0.05) is 0 Å². The third-order valence-corrected chi connectivity index (χ3v) is 9.85. The Hall–Kier alpha value is -0.970. The molecule has 3 heterocycles. The monoisotopic (exact) mass is 634 g/mol. The van der Waals surface area contributed by atoms with Gasteiger partial charge in [0.25, 0.3) is 0 Å². The maximum Gasteiger partial charge on any atom is 0.186 e. The molecular formula is C27H50N6O11. The standard InChI is InChI=1S/C27H50N6O11/c28-6-16-15(35)3-14(33-12-7-32-8-12)25(41-16)44-24-13(30)1-10(2-18(36)27(40)4-11(29)5-27)23(22(24)39)43-26-21(38)19(31)20(37)17(9-34)42-26/h10-17,19-26,32-35,37-40H,1-9,28-31H2/t10-,11?,13-,14+,15-,16+,17+,19-,20+,21+,22+,23-,24+,25+,26+,27?/m0/s1. The van der Waals surface area contributed by atoms with E-state index in [4.69, 9.17) is 41.9 Å². The van der Waals surface area contributed by atoms with E-state index < -0.39 is 103 Å². The van der Waals surface area contributed by atoms with E-state index in [1.807, 2.05) is 0 Å². The number of aliphatic hydroxyl groups is 6. The first-order valence-electron chi connectivity index (χ1n) is 15.5. The molecular weight excluding hydrogens is 584 g/mol. The average Bonchev–Trinajstić information content (AvgIpc) is 2.94. The van der Waals surface area contributed by atoms with E-state index in [-0.39, 0.29) is 50.7 Å². The molecule has 0 spiro atoms. The zero-order chi connectivity index (χ0) is 31.9. The van der Waals surface area contributed by atoms with Crippen LogP contribution in [0, 0.1) is 5.92 Å². The SMILES string of the molecule is NC[C@H]1O[C@H](O[C@H]2[C@H](O)[C@@H](O[C@H]3O[C@H](CO)[C@@H](O)[C@H](N)[C@H]3O)[C@H](CC(=O)C3(O)CC(N)C3)C[C@@H]2N)[C@H](NC2CNC2)C[C@@H]1O. The molecule has 17 nitrogen and oxygen atoms in total. The average molecular weight is 635 g/mol. The lowest BCUT2D eigenvalue weighted by atomic mass is 9.69. The fraction of sp³-hybridized carbons (Fsp3) is 0.963. The van der Waals surface area contributed by atoms with Crippen molar-refractivity contribution >= 4 is 5.78 Å². The number of aliphatic hydroxyl groups excluding tert-OH is 5. The summed E-state index contributed by atoms with van der Waals surface area (Å²) in [6, 6.07) is -2.68. The van der Waals surface area contributed by atoms with E-state index in [9.17, 15) is 35.4 Å². The highest BCUT2D eigenvalue weighted by atomic mass is 16.7. The number of rotatable bonds is 11. The summed E-state index contributed by atoms with van der Waals surface area (Å²) < 4.78 is 24.1. The molecule has 0 aromatic heterocycles. The van der Waals surface area contributed by atoms with Crippen LogP contribution >= 0.6 is 0 Å². The van der Waals surface area contributed by atoms with Crippen LogP contribution in [0.15, 0.2) is 0 Å². The number of carbonyl (C=O) groups excluding carboxylic acids is 1. The topological polar surface area (TPSA) is 304 Å². The van der Waals surface area contributed by atoms with Crippen LogP contribution in [0.1, 0.15) is 32.1 Å². The predicted octanol–water partition coefficient (Wildman–Crippen LogP) is -6.59. The van der Waals surface area contributed by atoms with Gasteiger partial charge < -0.3 is 83.2 Å². The molecule has 0 aromatic rings. The van der Waals surface area contributed by atoms with Crippen LogP contribution in [-0.4, -0.2) is 160 Å². The summed E-state index contributed by atoms with van der Waals surface area (Å²) in [6.07, 6.45) is -11.5. The van der Waals surface area contributed by atoms with Gasteiger partial charge in [0.15, 0.2) is 18.4 Å². The van der Waals surface area contributed by atoms with E-state index in [1.165, 1.54) is 0 Å². The van der Waals surface area contributed by atoms with Gasteiger partial charge in [-0.25, -0.2) is 0 Å². The molecule has 16 N–H and O–H groups in total. The molecule has 3 saturated heterocycles. The van der Waals surface area contributed by atoms with Gasteiger partial charge >= 0.3 is 0 Å². The molecule has 5 rings (SSSR count). The van der Waals surface area contributed by atoms with Gasteiger partial charge in [-0.2, -0.15) is 0 Å². The summed E-state index contributed by atoms with van der Waals surface area (Å²) in [7, 11) is 0. The number of nitrogens with one attached hydrogen (secondary N) is 2. The van der Waals surface area contributed by atoms with Crippen LogP contribution in [0.25, 0.3) is 0 Å². The molecule has 44 heavy (non-hydrogen) atoms. The molecule has 3 aliphatic heterocycles. The van der Waals surface area contributed by atoms with Crippen LogP contribution in [0.5, 0.6) is 0 Å².